The summed E-state index contributed by atoms with van der Waals surface area (Å²) >= 11 is 0. The minimum atomic E-state index is -1.18. The Labute approximate surface area is 192 Å². The lowest BCUT2D eigenvalue weighted by atomic mass is 9.95. The van der Waals surface area contributed by atoms with Gasteiger partial charge in [0.1, 0.15) is 5.82 Å². The van der Waals surface area contributed by atoms with Gasteiger partial charge in [-0.15, -0.1) is 0 Å². The Balaban J connectivity index is 1.73. The molecule has 4 N–H and O–H groups in total. The maximum absolute atomic E-state index is 14.8. The molecule has 5 rings (SSSR count). The zero-order valence-electron chi connectivity index (χ0n) is 17.9. The molecule has 1 aromatic heterocycles. The summed E-state index contributed by atoms with van der Waals surface area (Å²) in [5, 5.41) is 10.5. The van der Waals surface area contributed by atoms with Gasteiger partial charge in [-0.1, -0.05) is 12.1 Å². The minimum absolute atomic E-state index is 0.0678. The number of amides is 2. The van der Waals surface area contributed by atoms with Gasteiger partial charge in [0.05, 0.1) is 29.9 Å². The Morgan fingerprint density at radius 1 is 0.971 bits per heavy atom. The molecule has 1 aliphatic rings. The first-order valence-corrected chi connectivity index (χ1v) is 10.6. The minimum Gasteiger partial charge on any atom is -0.478 e. The van der Waals surface area contributed by atoms with E-state index < -0.39 is 17.7 Å². The molecule has 172 valence electrons. The van der Waals surface area contributed by atoms with E-state index in [0.717, 1.165) is 6.07 Å². The van der Waals surface area contributed by atoms with Crippen LogP contribution in [0.2, 0.25) is 0 Å². The van der Waals surface area contributed by atoms with Crippen LogP contribution in [0.4, 0.5) is 4.39 Å². The summed E-state index contributed by atoms with van der Waals surface area (Å²) in [4.78, 5) is 41.4. The number of fused-ring (bicyclic) bond motifs is 3. The Morgan fingerprint density at radius 2 is 1.71 bits per heavy atom. The lowest BCUT2D eigenvalue weighted by molar-refractivity contribution is 0.0303. The highest BCUT2D eigenvalue weighted by Crippen LogP contribution is 2.38. The van der Waals surface area contributed by atoms with E-state index in [1.807, 2.05) is 0 Å². The maximum atomic E-state index is 14.8. The van der Waals surface area contributed by atoms with E-state index in [-0.39, 0.29) is 22.6 Å². The number of nitrogens with two attached hydrogens (primary N) is 1. The smallest absolute Gasteiger partial charge is 0.335 e. The van der Waals surface area contributed by atoms with Crippen LogP contribution in [0.3, 0.4) is 0 Å². The highest BCUT2D eigenvalue weighted by Gasteiger charge is 2.22. The first kappa shape index (κ1) is 21.6. The summed E-state index contributed by atoms with van der Waals surface area (Å²) in [7, 11) is 0. The Hall–Kier alpha value is -4.24. The maximum Gasteiger partial charge on any atom is 0.335 e. The second-order valence-electron chi connectivity index (χ2n) is 8.06. The molecule has 2 heterocycles. The number of aromatic carboxylic acids is 1. The van der Waals surface area contributed by atoms with Crippen molar-refractivity contribution in [3.05, 3.63) is 71.0 Å². The number of benzene rings is 3. The number of aromatic amines is 1. The van der Waals surface area contributed by atoms with E-state index in [0.29, 0.717) is 59.2 Å². The zero-order valence-corrected chi connectivity index (χ0v) is 17.9. The summed E-state index contributed by atoms with van der Waals surface area (Å²) in [6.07, 6.45) is 0. The highest BCUT2D eigenvalue weighted by atomic mass is 19.1. The van der Waals surface area contributed by atoms with E-state index in [1.165, 1.54) is 18.2 Å². The first-order valence-electron chi connectivity index (χ1n) is 10.6. The molecule has 0 radical (unpaired) electrons. The number of hydrogen-bond acceptors (Lipinski definition) is 4. The van der Waals surface area contributed by atoms with Gasteiger partial charge in [-0.2, -0.15) is 0 Å². The topological polar surface area (TPSA) is 126 Å². The van der Waals surface area contributed by atoms with Crippen molar-refractivity contribution in [2.24, 2.45) is 5.73 Å². The molecule has 0 atom stereocenters. The molecule has 3 aromatic carbocycles. The van der Waals surface area contributed by atoms with Gasteiger partial charge in [-0.25, -0.2) is 9.18 Å². The molecule has 0 saturated carbocycles. The van der Waals surface area contributed by atoms with Gasteiger partial charge in [0.2, 0.25) is 0 Å². The second-order valence-corrected chi connectivity index (χ2v) is 8.06. The predicted octanol–water partition coefficient (Wildman–Crippen LogP) is 3.40. The molecule has 8 nitrogen and oxygen atoms in total. The average molecular weight is 461 g/mol. The van der Waals surface area contributed by atoms with Crippen LogP contribution in [-0.4, -0.2) is 59.1 Å². The standard InChI is InChI=1S/C25H20FN3O5/c26-19-6-2-14(25(32)33)11-18(19)15-4-5-17(23(27)30)22-21(15)16-3-1-13(12-20(16)28-22)24(31)29-7-9-34-10-8-29/h1-6,11-12,28H,7-10H2,(H2,27,30)(H,32,33). The Morgan fingerprint density at radius 3 is 2.41 bits per heavy atom. The monoisotopic (exact) mass is 461 g/mol. The number of carbonyl (C=O) groups is 3. The van der Waals surface area contributed by atoms with Crippen molar-refractivity contribution in [2.45, 2.75) is 0 Å². The van der Waals surface area contributed by atoms with Crippen molar-refractivity contribution in [2.75, 3.05) is 26.3 Å². The van der Waals surface area contributed by atoms with Crippen LogP contribution in [0.25, 0.3) is 32.9 Å². The molecule has 0 aliphatic carbocycles. The number of nitrogens with one attached hydrogen (secondary N) is 1. The molecular weight excluding hydrogens is 441 g/mol. The van der Waals surface area contributed by atoms with Gasteiger partial charge in [0.25, 0.3) is 11.8 Å². The van der Waals surface area contributed by atoms with E-state index in [9.17, 15) is 23.9 Å². The number of hydrogen-bond donors (Lipinski definition) is 3. The van der Waals surface area contributed by atoms with E-state index >= 15 is 0 Å². The lowest BCUT2D eigenvalue weighted by Crippen LogP contribution is -2.40. The van der Waals surface area contributed by atoms with Gasteiger partial charge in [-0.05, 0) is 42.0 Å². The van der Waals surface area contributed by atoms with Crippen LogP contribution < -0.4 is 5.73 Å². The van der Waals surface area contributed by atoms with Crippen LogP contribution in [0, 0.1) is 5.82 Å². The number of primary amides is 1. The molecule has 1 aliphatic heterocycles. The summed E-state index contributed by atoms with van der Waals surface area (Å²) in [6.45, 7) is 1.96. The number of rotatable bonds is 4. The van der Waals surface area contributed by atoms with Crippen molar-refractivity contribution >= 4 is 39.6 Å². The number of carboxylic acids is 1. The largest absolute Gasteiger partial charge is 0.478 e. The zero-order chi connectivity index (χ0) is 24.0. The number of aromatic nitrogens is 1. The third-order valence-electron chi connectivity index (χ3n) is 6.07. The molecule has 34 heavy (non-hydrogen) atoms. The number of carbonyl (C=O) groups excluding carboxylic acids is 2. The number of nitrogens with zero attached hydrogens (tertiary/aromatic N) is 1. The van der Waals surface area contributed by atoms with Crippen LogP contribution in [0.5, 0.6) is 0 Å². The normalized spacial score (nSPS) is 14.0. The van der Waals surface area contributed by atoms with Gasteiger partial charge < -0.3 is 25.5 Å². The molecule has 0 spiro atoms. The molecule has 9 heteroatoms. The third kappa shape index (κ3) is 3.56. The lowest BCUT2D eigenvalue weighted by Gasteiger charge is -2.26. The van der Waals surface area contributed by atoms with E-state index in [4.69, 9.17) is 10.5 Å². The van der Waals surface area contributed by atoms with E-state index in [1.54, 1.807) is 29.2 Å². The summed E-state index contributed by atoms with van der Waals surface area (Å²) < 4.78 is 20.1. The van der Waals surface area contributed by atoms with Crippen molar-refractivity contribution < 1.29 is 28.6 Å². The molecule has 0 unspecified atom stereocenters. The average Bonchev–Trinajstić information content (AvgIpc) is 3.22. The number of halogens is 1. The van der Waals surface area contributed by atoms with Crippen LogP contribution in [-0.2, 0) is 4.74 Å². The molecule has 0 bridgehead atoms. The fraction of sp³-hybridized carbons (Fsp3) is 0.160. The van der Waals surface area contributed by atoms with E-state index in [2.05, 4.69) is 4.98 Å². The quantitative estimate of drug-likeness (QED) is 0.430. The number of carboxylic acid groups (broad SMARTS) is 1. The summed E-state index contributed by atoms with van der Waals surface area (Å²) in [5.41, 5.74) is 7.60. The molecule has 1 fully saturated rings. The second kappa shape index (κ2) is 8.27. The number of ether oxygens (including phenoxy) is 1. The fourth-order valence-corrected chi connectivity index (χ4v) is 4.39. The molecule has 4 aromatic rings. The molecular formula is C25H20FN3O5. The van der Waals surface area contributed by atoms with Crippen LogP contribution in [0.1, 0.15) is 31.1 Å². The summed E-state index contributed by atoms with van der Waals surface area (Å²) in [5.74, 6) is -2.60. The van der Waals surface area contributed by atoms with Crippen molar-refractivity contribution in [3.8, 4) is 11.1 Å². The Bertz CT molecular complexity index is 1490. The first-order chi connectivity index (χ1) is 16.3. The molecule has 2 amide bonds. The van der Waals surface area contributed by atoms with Crippen molar-refractivity contribution in [1.29, 1.82) is 0 Å². The predicted molar refractivity (Wildman–Crippen MR) is 123 cm³/mol. The van der Waals surface area contributed by atoms with Gasteiger partial charge in [-0.3, -0.25) is 9.59 Å². The van der Waals surface area contributed by atoms with Crippen molar-refractivity contribution in [3.63, 3.8) is 0 Å². The number of H-pyrrole nitrogens is 1. The van der Waals surface area contributed by atoms with Gasteiger partial charge in [0.15, 0.2) is 0 Å². The van der Waals surface area contributed by atoms with Gasteiger partial charge >= 0.3 is 5.97 Å². The van der Waals surface area contributed by atoms with Crippen LogP contribution in [0.15, 0.2) is 48.5 Å². The molecule has 1 saturated heterocycles. The number of morpholine rings is 1. The fourth-order valence-electron chi connectivity index (χ4n) is 4.39. The van der Waals surface area contributed by atoms with Gasteiger partial charge in [0, 0.05) is 40.5 Å². The summed E-state index contributed by atoms with van der Waals surface area (Å²) in [6, 6.07) is 11.7. The highest BCUT2D eigenvalue weighted by molar-refractivity contribution is 6.20. The van der Waals surface area contributed by atoms with Crippen molar-refractivity contribution in [1.82, 2.24) is 9.88 Å². The van der Waals surface area contributed by atoms with Crippen LogP contribution >= 0.6 is 0 Å². The SMILES string of the molecule is NC(=O)c1ccc(-c2cc(C(=O)O)ccc2F)c2c1[nH]c1cc(C(=O)N3CCOCC3)ccc12. The Kier molecular flexibility index (Phi) is 5.25. The third-order valence-corrected chi connectivity index (χ3v) is 6.07.